The Bertz CT molecular complexity index is 800. The Kier molecular flexibility index (Phi) is 3.08. The molecule has 0 unspecified atom stereocenters. The molecule has 6 heteroatoms. The minimum atomic E-state index is -1.25. The van der Waals surface area contributed by atoms with Crippen LogP contribution in [0.1, 0.15) is 10.4 Å². The Hall–Kier alpha value is -2.47. The van der Waals surface area contributed by atoms with Gasteiger partial charge in [0.2, 0.25) is 5.88 Å². The maximum atomic E-state index is 13.1. The first kappa shape index (κ1) is 12.6. The van der Waals surface area contributed by atoms with Crippen molar-refractivity contribution in [1.82, 2.24) is 4.98 Å². The predicted molar refractivity (Wildman–Crippen MR) is 73.1 cm³/mol. The van der Waals surface area contributed by atoms with Gasteiger partial charge in [0.05, 0.1) is 5.39 Å². The number of halogens is 1. The summed E-state index contributed by atoms with van der Waals surface area (Å²) < 4.78 is 19.6. The number of nitrogens with zero attached hydrogens (tertiary/aromatic N) is 1. The van der Waals surface area contributed by atoms with E-state index in [1.165, 1.54) is 17.4 Å². The van der Waals surface area contributed by atoms with Crippen LogP contribution in [0.15, 0.2) is 41.9 Å². The average Bonchev–Trinajstić information content (AvgIpc) is 2.90. The predicted octanol–water partition coefficient (Wildman–Crippen LogP) is 3.93. The van der Waals surface area contributed by atoms with E-state index in [-0.39, 0.29) is 11.3 Å². The average molecular weight is 289 g/mol. The van der Waals surface area contributed by atoms with E-state index in [4.69, 9.17) is 9.84 Å². The highest BCUT2D eigenvalue weighted by atomic mass is 32.1. The third kappa shape index (κ3) is 2.21. The molecule has 1 aromatic carbocycles. The Balaban J connectivity index is 2.07. The standard InChI is InChI=1S/C14H8FNO3S/c15-8-1-2-11(10(7-8)14(17)18)19-13-9-4-6-20-12(9)3-5-16-13/h1-7H,(H,17,18). The number of aromatic carboxylic acids is 1. The second-order valence-corrected chi connectivity index (χ2v) is 4.94. The van der Waals surface area contributed by atoms with Gasteiger partial charge >= 0.3 is 5.97 Å². The Morgan fingerprint density at radius 1 is 1.30 bits per heavy atom. The van der Waals surface area contributed by atoms with Crippen molar-refractivity contribution < 1.29 is 19.0 Å². The fourth-order valence-corrected chi connectivity index (χ4v) is 2.59. The normalized spacial score (nSPS) is 10.7. The SMILES string of the molecule is O=C(O)c1cc(F)ccc1Oc1nccc2sccc12. The number of fused-ring (bicyclic) bond motifs is 1. The van der Waals surface area contributed by atoms with Crippen molar-refractivity contribution in [3.8, 4) is 11.6 Å². The van der Waals surface area contributed by atoms with E-state index in [9.17, 15) is 9.18 Å². The smallest absolute Gasteiger partial charge is 0.339 e. The van der Waals surface area contributed by atoms with Gasteiger partial charge in [-0.2, -0.15) is 0 Å². The van der Waals surface area contributed by atoms with Crippen molar-refractivity contribution >= 4 is 27.4 Å². The van der Waals surface area contributed by atoms with E-state index in [0.29, 0.717) is 5.88 Å². The number of benzene rings is 1. The molecule has 0 saturated carbocycles. The lowest BCUT2D eigenvalue weighted by molar-refractivity contribution is 0.0693. The van der Waals surface area contributed by atoms with Crippen LogP contribution in [0, 0.1) is 5.82 Å². The van der Waals surface area contributed by atoms with Crippen LogP contribution in [0.4, 0.5) is 4.39 Å². The fraction of sp³-hybridized carbons (Fsp3) is 0. The first-order valence-electron chi connectivity index (χ1n) is 5.68. The number of hydrogen-bond acceptors (Lipinski definition) is 4. The van der Waals surface area contributed by atoms with Crippen LogP contribution in [-0.4, -0.2) is 16.1 Å². The second kappa shape index (κ2) is 4.90. The summed E-state index contributed by atoms with van der Waals surface area (Å²) in [5, 5.41) is 11.8. The molecule has 0 fully saturated rings. The van der Waals surface area contributed by atoms with Crippen molar-refractivity contribution in [2.24, 2.45) is 0 Å². The van der Waals surface area contributed by atoms with E-state index in [0.717, 1.165) is 22.2 Å². The molecule has 0 spiro atoms. The zero-order valence-electron chi connectivity index (χ0n) is 10.0. The van der Waals surface area contributed by atoms with Gasteiger partial charge < -0.3 is 9.84 Å². The Morgan fingerprint density at radius 3 is 2.95 bits per heavy atom. The molecule has 0 saturated heterocycles. The highest BCUT2D eigenvalue weighted by Crippen LogP contribution is 2.32. The van der Waals surface area contributed by atoms with Crippen LogP contribution >= 0.6 is 11.3 Å². The summed E-state index contributed by atoms with van der Waals surface area (Å²) in [4.78, 5) is 15.2. The topological polar surface area (TPSA) is 59.4 Å². The van der Waals surface area contributed by atoms with Crippen LogP contribution < -0.4 is 4.74 Å². The molecular weight excluding hydrogens is 281 g/mol. The van der Waals surface area contributed by atoms with Crippen LogP contribution in [0.25, 0.3) is 10.1 Å². The van der Waals surface area contributed by atoms with E-state index in [1.54, 1.807) is 6.20 Å². The molecule has 0 aliphatic heterocycles. The lowest BCUT2D eigenvalue weighted by Gasteiger charge is -2.08. The summed E-state index contributed by atoms with van der Waals surface area (Å²) in [6.07, 6.45) is 1.58. The van der Waals surface area contributed by atoms with Gasteiger partial charge in [0.1, 0.15) is 17.1 Å². The van der Waals surface area contributed by atoms with E-state index >= 15 is 0 Å². The van der Waals surface area contributed by atoms with Crippen molar-refractivity contribution in [1.29, 1.82) is 0 Å². The number of ether oxygens (including phenoxy) is 1. The number of carboxylic acids is 1. The Labute approximate surface area is 117 Å². The van der Waals surface area contributed by atoms with Gasteiger partial charge in [-0.25, -0.2) is 14.2 Å². The van der Waals surface area contributed by atoms with Crippen molar-refractivity contribution in [2.45, 2.75) is 0 Å². The number of rotatable bonds is 3. The summed E-state index contributed by atoms with van der Waals surface area (Å²) in [5.74, 6) is -1.52. The van der Waals surface area contributed by atoms with Crippen molar-refractivity contribution in [3.63, 3.8) is 0 Å². The molecule has 2 heterocycles. The quantitative estimate of drug-likeness (QED) is 0.793. The lowest BCUT2D eigenvalue weighted by Crippen LogP contribution is -2.01. The third-order valence-corrected chi connectivity index (χ3v) is 3.60. The van der Waals surface area contributed by atoms with Gasteiger partial charge in [-0.1, -0.05) is 0 Å². The van der Waals surface area contributed by atoms with Gasteiger partial charge in [-0.05, 0) is 35.7 Å². The summed E-state index contributed by atoms with van der Waals surface area (Å²) in [5.41, 5.74) is -0.237. The molecule has 0 radical (unpaired) electrons. The summed E-state index contributed by atoms with van der Waals surface area (Å²) >= 11 is 1.53. The highest BCUT2D eigenvalue weighted by molar-refractivity contribution is 7.17. The van der Waals surface area contributed by atoms with Crippen LogP contribution in [-0.2, 0) is 0 Å². The van der Waals surface area contributed by atoms with Gasteiger partial charge in [0, 0.05) is 10.9 Å². The highest BCUT2D eigenvalue weighted by Gasteiger charge is 2.15. The second-order valence-electron chi connectivity index (χ2n) is 4.00. The van der Waals surface area contributed by atoms with Gasteiger partial charge in [-0.15, -0.1) is 11.3 Å². The van der Waals surface area contributed by atoms with E-state index in [2.05, 4.69) is 4.98 Å². The molecule has 0 aliphatic carbocycles. The molecular formula is C14H8FNO3S. The minimum absolute atomic E-state index is 0.0603. The first-order chi connectivity index (χ1) is 9.65. The lowest BCUT2D eigenvalue weighted by atomic mass is 10.2. The Morgan fingerprint density at radius 2 is 2.15 bits per heavy atom. The number of hydrogen-bond donors (Lipinski definition) is 1. The molecule has 0 bridgehead atoms. The number of carbonyl (C=O) groups is 1. The summed E-state index contributed by atoms with van der Waals surface area (Å²) in [7, 11) is 0. The maximum absolute atomic E-state index is 13.1. The molecule has 0 aliphatic rings. The number of aromatic nitrogens is 1. The van der Waals surface area contributed by atoms with Crippen LogP contribution in [0.5, 0.6) is 11.6 Å². The molecule has 100 valence electrons. The molecule has 2 aromatic heterocycles. The number of thiophene rings is 1. The summed E-state index contributed by atoms with van der Waals surface area (Å²) in [6.45, 7) is 0. The zero-order valence-corrected chi connectivity index (χ0v) is 10.9. The molecule has 1 N–H and O–H groups in total. The number of pyridine rings is 1. The van der Waals surface area contributed by atoms with Gasteiger partial charge in [0.15, 0.2) is 0 Å². The fourth-order valence-electron chi connectivity index (χ4n) is 1.81. The van der Waals surface area contributed by atoms with Gasteiger partial charge in [0.25, 0.3) is 0 Å². The largest absolute Gasteiger partial charge is 0.478 e. The van der Waals surface area contributed by atoms with Crippen molar-refractivity contribution in [3.05, 3.63) is 53.3 Å². The van der Waals surface area contributed by atoms with Crippen molar-refractivity contribution in [2.75, 3.05) is 0 Å². The third-order valence-electron chi connectivity index (χ3n) is 2.72. The maximum Gasteiger partial charge on any atom is 0.339 e. The monoisotopic (exact) mass is 289 g/mol. The molecule has 0 atom stereocenters. The molecule has 3 rings (SSSR count). The molecule has 0 amide bonds. The van der Waals surface area contributed by atoms with E-state index < -0.39 is 11.8 Å². The number of carboxylic acid groups (broad SMARTS) is 1. The van der Waals surface area contributed by atoms with Crippen LogP contribution in [0.2, 0.25) is 0 Å². The van der Waals surface area contributed by atoms with Gasteiger partial charge in [-0.3, -0.25) is 0 Å². The van der Waals surface area contributed by atoms with Crippen LogP contribution in [0.3, 0.4) is 0 Å². The zero-order chi connectivity index (χ0) is 14.1. The summed E-state index contributed by atoms with van der Waals surface area (Å²) in [6, 6.07) is 7.04. The van der Waals surface area contributed by atoms with E-state index in [1.807, 2.05) is 17.5 Å². The molecule has 20 heavy (non-hydrogen) atoms. The molecule has 3 aromatic rings. The first-order valence-corrected chi connectivity index (χ1v) is 6.56. The minimum Gasteiger partial charge on any atom is -0.478 e. The molecule has 4 nitrogen and oxygen atoms in total.